The van der Waals surface area contributed by atoms with Gasteiger partial charge in [0.1, 0.15) is 23.6 Å². The van der Waals surface area contributed by atoms with Crippen LogP contribution in [0.4, 0.5) is 0 Å². The maximum absolute atomic E-state index is 9.03. The highest BCUT2D eigenvalue weighted by molar-refractivity contribution is 7.97. The molecule has 0 saturated carbocycles. The quantitative estimate of drug-likeness (QED) is 0.822. The van der Waals surface area contributed by atoms with Crippen molar-refractivity contribution in [1.29, 1.82) is 10.5 Å². The Morgan fingerprint density at radius 1 is 0.957 bits per heavy atom. The zero-order valence-electron chi connectivity index (χ0n) is 12.8. The Morgan fingerprint density at radius 3 is 2.17 bits per heavy atom. The zero-order valence-corrected chi connectivity index (χ0v) is 13.6. The molecule has 0 saturated heterocycles. The van der Waals surface area contributed by atoms with Crippen LogP contribution in [0.25, 0.3) is 0 Å². The largest absolute Gasteiger partial charge is 0.497 e. The smallest absolute Gasteiger partial charge is 0.122 e. The van der Waals surface area contributed by atoms with Crippen LogP contribution >= 0.6 is 11.9 Å². The highest BCUT2D eigenvalue weighted by Gasteiger charge is 2.05. The maximum atomic E-state index is 9.03. The molecule has 5 nitrogen and oxygen atoms in total. The average molecular weight is 325 g/mol. The van der Waals surface area contributed by atoms with E-state index in [0.29, 0.717) is 17.7 Å². The third kappa shape index (κ3) is 4.40. The molecule has 1 N–H and O–H groups in total. The van der Waals surface area contributed by atoms with Gasteiger partial charge in [0.25, 0.3) is 0 Å². The predicted octanol–water partition coefficient (Wildman–Crippen LogP) is 3.24. The van der Waals surface area contributed by atoms with Gasteiger partial charge in [0.05, 0.1) is 25.3 Å². The third-order valence-electron chi connectivity index (χ3n) is 3.11. The minimum Gasteiger partial charge on any atom is -0.497 e. The van der Waals surface area contributed by atoms with Gasteiger partial charge in [-0.2, -0.15) is 10.5 Å². The lowest BCUT2D eigenvalue weighted by Crippen LogP contribution is -2.04. The molecule has 2 rings (SSSR count). The van der Waals surface area contributed by atoms with E-state index in [4.69, 9.17) is 20.0 Å². The molecular formula is C17H15N3O2S. The molecular weight excluding hydrogens is 310 g/mol. The SMILES string of the molecule is COc1cc(CNSc2ccc(C#N)c(C#N)c2)cc(OC)c1. The average Bonchev–Trinajstić information content (AvgIpc) is 2.61. The summed E-state index contributed by atoms with van der Waals surface area (Å²) in [6.45, 7) is 0.597. The van der Waals surface area contributed by atoms with Gasteiger partial charge in [-0.25, -0.2) is 0 Å². The van der Waals surface area contributed by atoms with Gasteiger partial charge in [-0.15, -0.1) is 0 Å². The minimum atomic E-state index is 0.377. The van der Waals surface area contributed by atoms with Crippen molar-refractivity contribution in [3.8, 4) is 23.6 Å². The van der Waals surface area contributed by atoms with Crippen molar-refractivity contribution in [3.05, 3.63) is 53.1 Å². The molecule has 0 heterocycles. The van der Waals surface area contributed by atoms with Gasteiger partial charge in [-0.05, 0) is 47.8 Å². The summed E-state index contributed by atoms with van der Waals surface area (Å²) in [4.78, 5) is 0.871. The second-order valence-electron chi connectivity index (χ2n) is 4.58. The fourth-order valence-electron chi connectivity index (χ4n) is 1.95. The topological polar surface area (TPSA) is 78.1 Å². The van der Waals surface area contributed by atoms with Crippen molar-refractivity contribution in [2.75, 3.05) is 14.2 Å². The van der Waals surface area contributed by atoms with E-state index in [9.17, 15) is 0 Å². The lowest BCUT2D eigenvalue weighted by atomic mass is 10.1. The minimum absolute atomic E-state index is 0.377. The highest BCUT2D eigenvalue weighted by atomic mass is 32.2. The molecule has 2 aromatic rings. The second kappa shape index (κ2) is 8.09. The van der Waals surface area contributed by atoms with Crippen LogP contribution in [0.5, 0.6) is 11.5 Å². The van der Waals surface area contributed by atoms with E-state index in [1.807, 2.05) is 36.4 Å². The number of hydrogen-bond donors (Lipinski definition) is 1. The molecule has 0 atom stereocenters. The summed E-state index contributed by atoms with van der Waals surface area (Å²) in [6.07, 6.45) is 0. The van der Waals surface area contributed by atoms with E-state index >= 15 is 0 Å². The molecule has 23 heavy (non-hydrogen) atoms. The summed E-state index contributed by atoms with van der Waals surface area (Å²) < 4.78 is 13.7. The summed E-state index contributed by atoms with van der Waals surface area (Å²) in [7, 11) is 3.22. The first-order valence-corrected chi connectivity index (χ1v) is 7.57. The molecule has 0 fully saturated rings. The van der Waals surface area contributed by atoms with Crippen LogP contribution in [0.15, 0.2) is 41.3 Å². The van der Waals surface area contributed by atoms with Crippen molar-refractivity contribution < 1.29 is 9.47 Å². The number of methoxy groups -OCH3 is 2. The number of hydrogen-bond acceptors (Lipinski definition) is 6. The molecule has 0 spiro atoms. The van der Waals surface area contributed by atoms with Crippen LogP contribution in [0.1, 0.15) is 16.7 Å². The first kappa shape index (κ1) is 16.7. The fraction of sp³-hybridized carbons (Fsp3) is 0.176. The van der Waals surface area contributed by atoms with Gasteiger partial charge in [0.15, 0.2) is 0 Å². The number of benzene rings is 2. The molecule has 0 bridgehead atoms. The zero-order chi connectivity index (χ0) is 16.7. The summed E-state index contributed by atoms with van der Waals surface area (Å²) >= 11 is 1.40. The van der Waals surface area contributed by atoms with E-state index in [-0.39, 0.29) is 0 Å². The standard InChI is InChI=1S/C17H15N3O2S/c1-21-15-5-12(6-16(8-15)22-2)11-20-23-17-4-3-13(9-18)14(7-17)10-19/h3-8,20H,11H2,1-2H3. The molecule has 2 aromatic carbocycles. The number of ether oxygens (including phenoxy) is 2. The van der Waals surface area contributed by atoms with E-state index in [2.05, 4.69) is 4.72 Å². The number of nitrogens with one attached hydrogen (secondary N) is 1. The molecule has 0 aromatic heterocycles. The van der Waals surface area contributed by atoms with Gasteiger partial charge in [-0.1, -0.05) is 0 Å². The molecule has 0 amide bonds. The van der Waals surface area contributed by atoms with Gasteiger partial charge >= 0.3 is 0 Å². The maximum Gasteiger partial charge on any atom is 0.122 e. The van der Waals surface area contributed by atoms with Gasteiger partial charge < -0.3 is 9.47 Å². The van der Waals surface area contributed by atoms with Crippen LogP contribution < -0.4 is 14.2 Å². The van der Waals surface area contributed by atoms with E-state index in [1.165, 1.54) is 11.9 Å². The van der Waals surface area contributed by atoms with Crippen molar-refractivity contribution in [1.82, 2.24) is 4.72 Å². The van der Waals surface area contributed by atoms with Gasteiger partial charge in [-0.3, -0.25) is 4.72 Å². The van der Waals surface area contributed by atoms with Gasteiger partial charge in [0, 0.05) is 17.5 Å². The lowest BCUT2D eigenvalue weighted by molar-refractivity contribution is 0.393. The monoisotopic (exact) mass is 325 g/mol. The Morgan fingerprint density at radius 2 is 1.61 bits per heavy atom. The summed E-state index contributed by atoms with van der Waals surface area (Å²) in [5.41, 5.74) is 1.78. The van der Waals surface area contributed by atoms with Gasteiger partial charge in [0.2, 0.25) is 0 Å². The molecule has 0 aliphatic rings. The van der Waals surface area contributed by atoms with Crippen LogP contribution in [-0.4, -0.2) is 14.2 Å². The van der Waals surface area contributed by atoms with E-state index in [1.54, 1.807) is 26.4 Å². The van der Waals surface area contributed by atoms with Crippen molar-refractivity contribution in [3.63, 3.8) is 0 Å². The summed E-state index contributed by atoms with van der Waals surface area (Å²) in [5.74, 6) is 1.47. The van der Waals surface area contributed by atoms with Crippen molar-refractivity contribution in [2.24, 2.45) is 0 Å². The molecule has 0 unspecified atom stereocenters. The Hall–Kier alpha value is -2.67. The highest BCUT2D eigenvalue weighted by Crippen LogP contribution is 2.24. The van der Waals surface area contributed by atoms with Crippen LogP contribution in [0.2, 0.25) is 0 Å². The summed E-state index contributed by atoms with van der Waals surface area (Å²) in [6, 6.07) is 14.9. The number of rotatable bonds is 6. The molecule has 0 aliphatic heterocycles. The van der Waals surface area contributed by atoms with Crippen LogP contribution in [0, 0.1) is 22.7 Å². The Kier molecular flexibility index (Phi) is 5.87. The van der Waals surface area contributed by atoms with Crippen LogP contribution in [-0.2, 0) is 6.54 Å². The number of nitriles is 2. The van der Waals surface area contributed by atoms with Crippen molar-refractivity contribution in [2.45, 2.75) is 11.4 Å². The molecule has 6 heteroatoms. The van der Waals surface area contributed by atoms with Crippen molar-refractivity contribution >= 4 is 11.9 Å². The lowest BCUT2D eigenvalue weighted by Gasteiger charge is -2.09. The Labute approximate surface area is 139 Å². The normalized spacial score (nSPS) is 9.74. The fourth-order valence-corrected chi connectivity index (χ4v) is 2.67. The summed E-state index contributed by atoms with van der Waals surface area (Å²) in [5, 5.41) is 18.0. The van der Waals surface area contributed by atoms with Crippen LogP contribution in [0.3, 0.4) is 0 Å². The predicted molar refractivity (Wildman–Crippen MR) is 88.1 cm³/mol. The molecule has 0 radical (unpaired) electrons. The third-order valence-corrected chi connectivity index (χ3v) is 3.89. The first-order chi connectivity index (χ1) is 11.2. The number of nitrogens with zero attached hydrogens (tertiary/aromatic N) is 2. The molecule has 0 aliphatic carbocycles. The second-order valence-corrected chi connectivity index (χ2v) is 5.54. The van der Waals surface area contributed by atoms with E-state index < -0.39 is 0 Å². The van der Waals surface area contributed by atoms with E-state index in [0.717, 1.165) is 22.0 Å². The Balaban J connectivity index is 2.03. The first-order valence-electron chi connectivity index (χ1n) is 6.76. The Bertz CT molecular complexity index is 756. The molecule has 116 valence electrons.